The van der Waals surface area contributed by atoms with Crippen LogP contribution in [-0.2, 0) is 0 Å². The van der Waals surface area contributed by atoms with E-state index in [-0.39, 0.29) is 11.7 Å². The van der Waals surface area contributed by atoms with Gasteiger partial charge in [-0.05, 0) is 25.0 Å². The molecular weight excluding hydrogens is 202 g/mol. The lowest BCUT2D eigenvalue weighted by Crippen LogP contribution is -2.30. The number of nitrogens with zero attached hydrogens (tertiary/aromatic N) is 1. The molecule has 16 heavy (non-hydrogen) atoms. The highest BCUT2D eigenvalue weighted by atomic mass is 16.3. The van der Waals surface area contributed by atoms with Crippen molar-refractivity contribution in [2.24, 2.45) is 5.92 Å². The van der Waals surface area contributed by atoms with Crippen LogP contribution in [0.1, 0.15) is 29.8 Å². The second-order valence-corrected chi connectivity index (χ2v) is 4.53. The molecule has 3 nitrogen and oxygen atoms in total. The smallest absolute Gasteiger partial charge is 0.254 e. The first-order valence-corrected chi connectivity index (χ1v) is 5.47. The van der Waals surface area contributed by atoms with Gasteiger partial charge in [-0.1, -0.05) is 19.9 Å². The molecule has 1 N–H and O–H groups in total. The van der Waals surface area contributed by atoms with Gasteiger partial charge in [-0.3, -0.25) is 4.79 Å². The normalized spacial score (nSPS) is 10.6. The third-order valence-corrected chi connectivity index (χ3v) is 2.52. The predicted molar refractivity (Wildman–Crippen MR) is 64.6 cm³/mol. The Morgan fingerprint density at radius 1 is 1.44 bits per heavy atom. The molecule has 0 saturated carbocycles. The van der Waals surface area contributed by atoms with Gasteiger partial charge in [-0.25, -0.2) is 0 Å². The summed E-state index contributed by atoms with van der Waals surface area (Å²) < 4.78 is 0. The fraction of sp³-hybridized carbons (Fsp3) is 0.462. The molecule has 1 aromatic carbocycles. The van der Waals surface area contributed by atoms with Gasteiger partial charge in [0.15, 0.2) is 0 Å². The Morgan fingerprint density at radius 3 is 2.62 bits per heavy atom. The minimum atomic E-state index is -0.0397. The van der Waals surface area contributed by atoms with E-state index in [0.29, 0.717) is 23.6 Å². The van der Waals surface area contributed by atoms with Crippen molar-refractivity contribution in [3.63, 3.8) is 0 Å². The molecule has 0 radical (unpaired) electrons. The summed E-state index contributed by atoms with van der Waals surface area (Å²) in [6.45, 7) is 6.61. The molecule has 1 aromatic rings. The minimum Gasteiger partial charge on any atom is -0.508 e. The van der Waals surface area contributed by atoms with Crippen LogP contribution in [0.15, 0.2) is 18.2 Å². The Labute approximate surface area is 96.7 Å². The average molecular weight is 221 g/mol. The minimum absolute atomic E-state index is 0.0397. The van der Waals surface area contributed by atoms with Crippen molar-refractivity contribution in [3.8, 4) is 5.75 Å². The van der Waals surface area contributed by atoms with E-state index in [1.807, 2.05) is 0 Å². The van der Waals surface area contributed by atoms with Gasteiger partial charge >= 0.3 is 0 Å². The van der Waals surface area contributed by atoms with Crippen molar-refractivity contribution in [1.82, 2.24) is 4.90 Å². The Kier molecular flexibility index (Phi) is 3.93. The largest absolute Gasteiger partial charge is 0.508 e. The first-order valence-electron chi connectivity index (χ1n) is 5.47. The number of phenolic OH excluding ortho intramolecular Hbond substituents is 1. The molecule has 1 rings (SSSR count). The predicted octanol–water partition coefficient (Wildman–Crippen LogP) is 2.43. The molecule has 0 aliphatic heterocycles. The highest BCUT2D eigenvalue weighted by Crippen LogP contribution is 2.20. The van der Waals surface area contributed by atoms with Crippen molar-refractivity contribution < 1.29 is 9.90 Å². The fourth-order valence-electron chi connectivity index (χ4n) is 1.69. The first kappa shape index (κ1) is 12.6. The third-order valence-electron chi connectivity index (χ3n) is 2.52. The molecule has 0 fully saturated rings. The van der Waals surface area contributed by atoms with Gasteiger partial charge in [-0.2, -0.15) is 0 Å². The van der Waals surface area contributed by atoms with Crippen molar-refractivity contribution in [1.29, 1.82) is 0 Å². The zero-order chi connectivity index (χ0) is 12.3. The van der Waals surface area contributed by atoms with Gasteiger partial charge in [0.2, 0.25) is 0 Å². The van der Waals surface area contributed by atoms with Crippen LogP contribution in [0.3, 0.4) is 0 Å². The van der Waals surface area contributed by atoms with Crippen molar-refractivity contribution in [2.45, 2.75) is 20.8 Å². The SMILES string of the molecule is Cc1c(O)cccc1C(=O)N(C)CC(C)C. The van der Waals surface area contributed by atoms with E-state index in [9.17, 15) is 9.90 Å². The van der Waals surface area contributed by atoms with E-state index in [2.05, 4.69) is 13.8 Å². The Balaban J connectivity index is 2.92. The lowest BCUT2D eigenvalue weighted by Gasteiger charge is -2.20. The molecule has 0 aliphatic rings. The molecule has 0 atom stereocenters. The van der Waals surface area contributed by atoms with E-state index < -0.39 is 0 Å². The van der Waals surface area contributed by atoms with Crippen LogP contribution >= 0.6 is 0 Å². The van der Waals surface area contributed by atoms with E-state index in [0.717, 1.165) is 0 Å². The summed E-state index contributed by atoms with van der Waals surface area (Å²) in [7, 11) is 1.78. The number of carbonyl (C=O) groups excluding carboxylic acids is 1. The van der Waals surface area contributed by atoms with Gasteiger partial charge in [0.05, 0.1) is 0 Å². The highest BCUT2D eigenvalue weighted by molar-refractivity contribution is 5.96. The van der Waals surface area contributed by atoms with Crippen molar-refractivity contribution in [3.05, 3.63) is 29.3 Å². The number of aromatic hydroxyl groups is 1. The zero-order valence-corrected chi connectivity index (χ0v) is 10.3. The highest BCUT2D eigenvalue weighted by Gasteiger charge is 2.16. The maximum Gasteiger partial charge on any atom is 0.254 e. The van der Waals surface area contributed by atoms with Gasteiger partial charge < -0.3 is 10.0 Å². The summed E-state index contributed by atoms with van der Waals surface area (Å²) in [5.41, 5.74) is 1.21. The zero-order valence-electron chi connectivity index (χ0n) is 10.3. The summed E-state index contributed by atoms with van der Waals surface area (Å²) in [4.78, 5) is 13.8. The Bertz CT molecular complexity index is 386. The van der Waals surface area contributed by atoms with E-state index in [1.54, 1.807) is 37.1 Å². The van der Waals surface area contributed by atoms with Crippen molar-refractivity contribution in [2.75, 3.05) is 13.6 Å². The Hall–Kier alpha value is -1.51. The molecule has 0 heterocycles. The van der Waals surface area contributed by atoms with Crippen LogP contribution in [-0.4, -0.2) is 29.5 Å². The van der Waals surface area contributed by atoms with Crippen LogP contribution in [0.4, 0.5) is 0 Å². The lowest BCUT2D eigenvalue weighted by atomic mass is 10.1. The lowest BCUT2D eigenvalue weighted by molar-refractivity contribution is 0.0778. The molecule has 0 aliphatic carbocycles. The number of hydrogen-bond donors (Lipinski definition) is 1. The van der Waals surface area contributed by atoms with E-state index in [1.165, 1.54) is 0 Å². The number of hydrogen-bond acceptors (Lipinski definition) is 2. The molecule has 88 valence electrons. The second-order valence-electron chi connectivity index (χ2n) is 4.53. The number of rotatable bonds is 3. The third kappa shape index (κ3) is 2.75. The van der Waals surface area contributed by atoms with Crippen LogP contribution in [0.5, 0.6) is 5.75 Å². The summed E-state index contributed by atoms with van der Waals surface area (Å²) in [5.74, 6) is 0.567. The van der Waals surface area contributed by atoms with Gasteiger partial charge in [-0.15, -0.1) is 0 Å². The molecule has 0 spiro atoms. The summed E-state index contributed by atoms with van der Waals surface area (Å²) >= 11 is 0. The average Bonchev–Trinajstić information content (AvgIpc) is 2.20. The number of phenols is 1. The quantitative estimate of drug-likeness (QED) is 0.851. The molecule has 1 amide bonds. The molecule has 0 unspecified atom stereocenters. The summed E-state index contributed by atoms with van der Waals surface area (Å²) in [5, 5.41) is 9.54. The number of carbonyl (C=O) groups is 1. The molecular formula is C13H19NO2. The molecule has 0 bridgehead atoms. The Morgan fingerprint density at radius 2 is 2.06 bits per heavy atom. The fourth-order valence-corrected chi connectivity index (χ4v) is 1.69. The number of amides is 1. The summed E-state index contributed by atoms with van der Waals surface area (Å²) in [6, 6.07) is 5.03. The summed E-state index contributed by atoms with van der Waals surface area (Å²) in [6.07, 6.45) is 0. The maximum absolute atomic E-state index is 12.1. The maximum atomic E-state index is 12.1. The van der Waals surface area contributed by atoms with E-state index >= 15 is 0 Å². The topological polar surface area (TPSA) is 40.5 Å². The van der Waals surface area contributed by atoms with Gasteiger partial charge in [0.1, 0.15) is 5.75 Å². The standard InChI is InChI=1S/C13H19NO2/c1-9(2)8-14(4)13(16)11-6-5-7-12(15)10(11)3/h5-7,9,15H,8H2,1-4H3. The van der Waals surface area contributed by atoms with Crippen molar-refractivity contribution >= 4 is 5.91 Å². The molecule has 0 aromatic heterocycles. The van der Waals surface area contributed by atoms with Gasteiger partial charge in [0, 0.05) is 24.7 Å². The second kappa shape index (κ2) is 5.01. The molecule has 3 heteroatoms. The van der Waals surface area contributed by atoms with Crippen LogP contribution < -0.4 is 0 Å². The van der Waals surface area contributed by atoms with Gasteiger partial charge in [0.25, 0.3) is 5.91 Å². The molecule has 0 saturated heterocycles. The van der Waals surface area contributed by atoms with E-state index in [4.69, 9.17) is 0 Å². The first-order chi connectivity index (χ1) is 7.43. The number of benzene rings is 1. The van der Waals surface area contributed by atoms with Crippen LogP contribution in [0.2, 0.25) is 0 Å². The van der Waals surface area contributed by atoms with Crippen LogP contribution in [0, 0.1) is 12.8 Å². The van der Waals surface area contributed by atoms with Crippen LogP contribution in [0.25, 0.3) is 0 Å². The monoisotopic (exact) mass is 221 g/mol.